The number of hydrogen-bond acceptors (Lipinski definition) is 3. The quantitative estimate of drug-likeness (QED) is 0.924. The van der Waals surface area contributed by atoms with E-state index in [2.05, 4.69) is 5.10 Å². The number of aromatic nitrogens is 2. The molecule has 2 N–H and O–H groups in total. The summed E-state index contributed by atoms with van der Waals surface area (Å²) in [7, 11) is 1.83. The van der Waals surface area contributed by atoms with Crippen molar-refractivity contribution < 1.29 is 4.74 Å². The Morgan fingerprint density at radius 1 is 1.39 bits per heavy atom. The van der Waals surface area contributed by atoms with Crippen LogP contribution in [0.1, 0.15) is 24.2 Å². The zero-order valence-corrected chi connectivity index (χ0v) is 11.2. The summed E-state index contributed by atoms with van der Waals surface area (Å²) < 4.78 is 7.09. The van der Waals surface area contributed by atoms with Gasteiger partial charge in [0.25, 0.3) is 0 Å². The first-order valence-corrected chi connectivity index (χ1v) is 6.17. The normalized spacial score (nSPS) is 12.4. The highest BCUT2D eigenvalue weighted by Crippen LogP contribution is 2.26. The van der Waals surface area contributed by atoms with E-state index in [1.165, 1.54) is 0 Å². The minimum Gasteiger partial charge on any atom is -0.494 e. The first-order chi connectivity index (χ1) is 8.63. The summed E-state index contributed by atoms with van der Waals surface area (Å²) >= 11 is 6.08. The SMILES string of the molecule is CCOc1ccc(C(N)c2c(Cl)cnn2C)cc1. The summed E-state index contributed by atoms with van der Waals surface area (Å²) in [6, 6.07) is 7.41. The fourth-order valence-electron chi connectivity index (χ4n) is 1.87. The van der Waals surface area contributed by atoms with Crippen molar-refractivity contribution in [2.75, 3.05) is 6.61 Å². The average molecular weight is 266 g/mol. The van der Waals surface area contributed by atoms with Crippen molar-refractivity contribution in [3.63, 3.8) is 0 Å². The average Bonchev–Trinajstić information content (AvgIpc) is 2.70. The van der Waals surface area contributed by atoms with Gasteiger partial charge in [0, 0.05) is 7.05 Å². The Labute approximate surface area is 111 Å². The molecule has 5 heteroatoms. The molecule has 0 fully saturated rings. The molecule has 0 aliphatic heterocycles. The molecule has 0 aliphatic carbocycles. The largest absolute Gasteiger partial charge is 0.494 e. The van der Waals surface area contributed by atoms with E-state index >= 15 is 0 Å². The first kappa shape index (κ1) is 12.9. The monoisotopic (exact) mass is 265 g/mol. The number of nitrogens with two attached hydrogens (primary N) is 1. The van der Waals surface area contributed by atoms with Crippen LogP contribution in [0.5, 0.6) is 5.75 Å². The molecule has 2 aromatic rings. The molecule has 2 rings (SSSR count). The maximum Gasteiger partial charge on any atom is 0.119 e. The van der Waals surface area contributed by atoms with E-state index in [4.69, 9.17) is 22.1 Å². The zero-order chi connectivity index (χ0) is 13.1. The van der Waals surface area contributed by atoms with Crippen LogP contribution in [0.2, 0.25) is 5.02 Å². The van der Waals surface area contributed by atoms with Gasteiger partial charge in [0.2, 0.25) is 0 Å². The molecule has 0 saturated carbocycles. The van der Waals surface area contributed by atoms with Gasteiger partial charge in [-0.15, -0.1) is 0 Å². The van der Waals surface area contributed by atoms with Gasteiger partial charge < -0.3 is 10.5 Å². The second kappa shape index (κ2) is 5.42. The molecule has 0 amide bonds. The first-order valence-electron chi connectivity index (χ1n) is 5.79. The van der Waals surface area contributed by atoms with Crippen LogP contribution < -0.4 is 10.5 Å². The van der Waals surface area contributed by atoms with Crippen LogP contribution in [0, 0.1) is 0 Å². The molecule has 1 unspecified atom stereocenters. The third-order valence-electron chi connectivity index (χ3n) is 2.78. The van der Waals surface area contributed by atoms with Crippen LogP contribution >= 0.6 is 11.6 Å². The summed E-state index contributed by atoms with van der Waals surface area (Å²) in [6.07, 6.45) is 1.60. The standard InChI is InChI=1S/C13H16ClN3O/c1-3-18-10-6-4-9(5-7-10)12(15)13-11(14)8-16-17(13)2/h4-8,12H,3,15H2,1-2H3. The number of ether oxygens (including phenoxy) is 1. The van der Waals surface area contributed by atoms with Gasteiger partial charge in [-0.2, -0.15) is 5.10 Å². The van der Waals surface area contributed by atoms with Gasteiger partial charge >= 0.3 is 0 Å². The fraction of sp³-hybridized carbons (Fsp3) is 0.308. The molecule has 4 nitrogen and oxygen atoms in total. The Balaban J connectivity index is 2.26. The van der Waals surface area contributed by atoms with Crippen LogP contribution in [0.15, 0.2) is 30.5 Å². The molecule has 0 spiro atoms. The van der Waals surface area contributed by atoms with Crippen LogP contribution in [0.25, 0.3) is 0 Å². The highest BCUT2D eigenvalue weighted by Gasteiger charge is 2.16. The third-order valence-corrected chi connectivity index (χ3v) is 3.07. The maximum absolute atomic E-state index is 6.20. The lowest BCUT2D eigenvalue weighted by Gasteiger charge is -2.14. The van der Waals surface area contributed by atoms with Crippen LogP contribution in [0.3, 0.4) is 0 Å². The van der Waals surface area contributed by atoms with Gasteiger partial charge in [0.15, 0.2) is 0 Å². The molecular formula is C13H16ClN3O. The highest BCUT2D eigenvalue weighted by atomic mass is 35.5. The Morgan fingerprint density at radius 2 is 2.06 bits per heavy atom. The van der Waals surface area contributed by atoms with Crippen molar-refractivity contribution in [1.29, 1.82) is 0 Å². The Bertz CT molecular complexity index is 502. The van der Waals surface area contributed by atoms with Gasteiger partial charge in [-0.25, -0.2) is 0 Å². The molecular weight excluding hydrogens is 250 g/mol. The van der Waals surface area contributed by atoms with Gasteiger partial charge in [-0.05, 0) is 24.6 Å². The Morgan fingerprint density at radius 3 is 2.56 bits per heavy atom. The van der Waals surface area contributed by atoms with Gasteiger partial charge in [-0.1, -0.05) is 23.7 Å². The predicted molar refractivity (Wildman–Crippen MR) is 71.9 cm³/mol. The van der Waals surface area contributed by atoms with Crippen molar-refractivity contribution >= 4 is 11.6 Å². The van der Waals surface area contributed by atoms with E-state index in [1.54, 1.807) is 10.9 Å². The summed E-state index contributed by atoms with van der Waals surface area (Å²) in [4.78, 5) is 0. The van der Waals surface area contributed by atoms with E-state index in [9.17, 15) is 0 Å². The Kier molecular flexibility index (Phi) is 3.89. The lowest BCUT2D eigenvalue weighted by atomic mass is 10.0. The van der Waals surface area contributed by atoms with Gasteiger partial charge in [-0.3, -0.25) is 4.68 Å². The molecule has 0 bridgehead atoms. The third kappa shape index (κ3) is 2.49. The molecule has 96 valence electrons. The summed E-state index contributed by atoms with van der Waals surface area (Å²) in [5.74, 6) is 0.838. The number of benzene rings is 1. The lowest BCUT2D eigenvalue weighted by Crippen LogP contribution is -2.16. The van der Waals surface area contributed by atoms with Crippen molar-refractivity contribution in [2.24, 2.45) is 12.8 Å². The molecule has 1 aromatic heterocycles. The van der Waals surface area contributed by atoms with E-state index in [-0.39, 0.29) is 6.04 Å². The highest BCUT2D eigenvalue weighted by molar-refractivity contribution is 6.31. The molecule has 1 atom stereocenters. The van der Waals surface area contributed by atoms with Crippen molar-refractivity contribution in [3.05, 3.63) is 46.7 Å². The minimum absolute atomic E-state index is 0.291. The number of aryl methyl sites for hydroxylation is 1. The van der Waals surface area contributed by atoms with Crippen LogP contribution in [-0.4, -0.2) is 16.4 Å². The number of rotatable bonds is 4. The number of halogens is 1. The van der Waals surface area contributed by atoms with Crippen molar-refractivity contribution in [3.8, 4) is 5.75 Å². The van der Waals surface area contributed by atoms with Gasteiger partial charge in [0.05, 0.1) is 29.6 Å². The minimum atomic E-state index is -0.291. The predicted octanol–water partition coefficient (Wildman–Crippen LogP) is 2.52. The topological polar surface area (TPSA) is 53.1 Å². The van der Waals surface area contributed by atoms with Crippen molar-refractivity contribution in [1.82, 2.24) is 9.78 Å². The van der Waals surface area contributed by atoms with E-state index in [0.717, 1.165) is 17.0 Å². The Hall–Kier alpha value is -1.52. The zero-order valence-electron chi connectivity index (χ0n) is 10.4. The van der Waals surface area contributed by atoms with Crippen LogP contribution in [-0.2, 0) is 7.05 Å². The molecule has 18 heavy (non-hydrogen) atoms. The second-order valence-corrected chi connectivity index (χ2v) is 4.39. The smallest absolute Gasteiger partial charge is 0.119 e. The molecule has 0 saturated heterocycles. The molecule has 1 heterocycles. The van der Waals surface area contributed by atoms with Crippen LogP contribution in [0.4, 0.5) is 0 Å². The fourth-order valence-corrected chi connectivity index (χ4v) is 2.15. The summed E-state index contributed by atoms with van der Waals surface area (Å²) in [6.45, 7) is 2.61. The number of nitrogens with zero attached hydrogens (tertiary/aromatic N) is 2. The van der Waals surface area contributed by atoms with E-state index in [0.29, 0.717) is 11.6 Å². The van der Waals surface area contributed by atoms with E-state index < -0.39 is 0 Å². The summed E-state index contributed by atoms with van der Waals surface area (Å²) in [5, 5.41) is 4.67. The molecule has 0 radical (unpaired) electrons. The van der Waals surface area contributed by atoms with Gasteiger partial charge in [0.1, 0.15) is 5.75 Å². The molecule has 0 aliphatic rings. The van der Waals surface area contributed by atoms with Crippen molar-refractivity contribution in [2.45, 2.75) is 13.0 Å². The lowest BCUT2D eigenvalue weighted by molar-refractivity contribution is 0.340. The molecule has 1 aromatic carbocycles. The maximum atomic E-state index is 6.20. The van der Waals surface area contributed by atoms with E-state index in [1.807, 2.05) is 38.2 Å². The second-order valence-electron chi connectivity index (χ2n) is 3.98. The number of hydrogen-bond donors (Lipinski definition) is 1. The summed E-state index contributed by atoms with van der Waals surface area (Å²) in [5.41, 5.74) is 7.98.